The third-order valence-corrected chi connectivity index (χ3v) is 6.29. The number of amides is 1. The van der Waals surface area contributed by atoms with E-state index in [1.54, 1.807) is 37.0 Å². The number of anilines is 3. The number of benzene rings is 2. The number of carbonyl (C=O) groups excluding carboxylic acids is 1. The molecule has 0 aliphatic carbocycles. The highest BCUT2D eigenvalue weighted by molar-refractivity contribution is 5.94. The molecule has 1 fully saturated rings. The number of piperazine rings is 1. The fourth-order valence-electron chi connectivity index (χ4n) is 4.28. The predicted octanol–water partition coefficient (Wildman–Crippen LogP) is 4.04. The molecule has 0 atom stereocenters. The molecule has 5 rings (SSSR count). The summed E-state index contributed by atoms with van der Waals surface area (Å²) < 4.78 is 20.1. The summed E-state index contributed by atoms with van der Waals surface area (Å²) in [7, 11) is 3.38. The molecule has 1 aliphatic heterocycles. The van der Waals surface area contributed by atoms with Crippen molar-refractivity contribution in [3.63, 3.8) is 0 Å². The predicted molar refractivity (Wildman–Crippen MR) is 140 cm³/mol. The van der Waals surface area contributed by atoms with Crippen LogP contribution in [0.15, 0.2) is 60.7 Å². The first-order chi connectivity index (χ1) is 17.9. The van der Waals surface area contributed by atoms with Gasteiger partial charge in [-0.1, -0.05) is 0 Å². The second-order valence-corrected chi connectivity index (χ2v) is 8.87. The van der Waals surface area contributed by atoms with E-state index in [4.69, 9.17) is 9.72 Å². The smallest absolute Gasteiger partial charge is 0.272 e. The zero-order valence-electron chi connectivity index (χ0n) is 21.0. The Morgan fingerprint density at radius 3 is 2.35 bits per heavy atom. The van der Waals surface area contributed by atoms with E-state index in [2.05, 4.69) is 20.3 Å². The van der Waals surface area contributed by atoms with Crippen molar-refractivity contribution in [3.05, 3.63) is 77.9 Å². The van der Waals surface area contributed by atoms with Crippen LogP contribution in [0.4, 0.5) is 21.8 Å². The molecule has 1 aliphatic rings. The topological polar surface area (TPSA) is 88.4 Å². The van der Waals surface area contributed by atoms with Gasteiger partial charge in [-0.05, 0) is 61.5 Å². The van der Waals surface area contributed by atoms with E-state index in [0.29, 0.717) is 49.3 Å². The Bertz CT molecular complexity index is 1400. The zero-order valence-corrected chi connectivity index (χ0v) is 21.0. The maximum Gasteiger partial charge on any atom is 0.272 e. The average molecular weight is 502 g/mol. The molecule has 4 aromatic rings. The first-order valence-electron chi connectivity index (χ1n) is 12.0. The van der Waals surface area contributed by atoms with Crippen LogP contribution in [-0.4, -0.2) is 63.8 Å². The van der Waals surface area contributed by atoms with Gasteiger partial charge in [-0.15, -0.1) is 0 Å². The highest BCUT2D eigenvalue weighted by atomic mass is 19.1. The monoisotopic (exact) mass is 501 g/mol. The number of hydrogen-bond donors (Lipinski definition) is 1. The molecule has 0 spiro atoms. The highest BCUT2D eigenvalue weighted by Crippen LogP contribution is 2.23. The van der Waals surface area contributed by atoms with Crippen molar-refractivity contribution in [1.82, 2.24) is 24.6 Å². The molecule has 190 valence electrons. The summed E-state index contributed by atoms with van der Waals surface area (Å²) in [5.74, 6) is 1.72. The van der Waals surface area contributed by atoms with Crippen molar-refractivity contribution >= 4 is 23.4 Å². The van der Waals surface area contributed by atoms with E-state index in [1.165, 1.54) is 12.1 Å². The van der Waals surface area contributed by atoms with Gasteiger partial charge in [-0.3, -0.25) is 9.48 Å². The average Bonchev–Trinajstić information content (AvgIpc) is 3.30. The van der Waals surface area contributed by atoms with Gasteiger partial charge in [0.15, 0.2) is 0 Å². The van der Waals surface area contributed by atoms with Gasteiger partial charge in [0.25, 0.3) is 5.91 Å². The Balaban J connectivity index is 1.25. The second-order valence-electron chi connectivity index (χ2n) is 8.87. The molecular weight excluding hydrogens is 473 g/mol. The summed E-state index contributed by atoms with van der Waals surface area (Å²) in [6.07, 6.45) is 0. The molecule has 1 saturated heterocycles. The summed E-state index contributed by atoms with van der Waals surface area (Å²) in [6, 6.07) is 17.4. The van der Waals surface area contributed by atoms with E-state index >= 15 is 0 Å². The largest absolute Gasteiger partial charge is 0.497 e. The van der Waals surface area contributed by atoms with Crippen LogP contribution in [0.3, 0.4) is 0 Å². The first-order valence-corrected chi connectivity index (χ1v) is 12.0. The van der Waals surface area contributed by atoms with Crippen LogP contribution in [0.2, 0.25) is 0 Å². The summed E-state index contributed by atoms with van der Waals surface area (Å²) in [4.78, 5) is 26.5. The van der Waals surface area contributed by atoms with Gasteiger partial charge in [0.05, 0.1) is 12.8 Å². The van der Waals surface area contributed by atoms with E-state index < -0.39 is 0 Å². The maximum atomic E-state index is 13.3. The van der Waals surface area contributed by atoms with Crippen molar-refractivity contribution in [2.75, 3.05) is 43.5 Å². The lowest BCUT2D eigenvalue weighted by atomic mass is 10.1. The summed E-state index contributed by atoms with van der Waals surface area (Å²) in [5, 5.41) is 7.78. The minimum Gasteiger partial charge on any atom is -0.497 e. The van der Waals surface area contributed by atoms with Crippen LogP contribution in [0.5, 0.6) is 5.75 Å². The van der Waals surface area contributed by atoms with E-state index in [9.17, 15) is 9.18 Å². The molecule has 0 saturated carbocycles. The van der Waals surface area contributed by atoms with E-state index in [-0.39, 0.29) is 11.7 Å². The number of rotatable bonds is 6. The molecule has 2 aromatic heterocycles. The van der Waals surface area contributed by atoms with Crippen molar-refractivity contribution in [2.24, 2.45) is 7.05 Å². The molecule has 37 heavy (non-hydrogen) atoms. The minimum atomic E-state index is -0.310. The summed E-state index contributed by atoms with van der Waals surface area (Å²) >= 11 is 0. The molecule has 1 amide bonds. The SMILES string of the molecule is COc1ccc(Nc2cc(C)nc(N3CCN(C(=O)c4cc(-c5ccc(F)cc5)nn4C)CC3)n2)cc1. The van der Waals surface area contributed by atoms with Crippen molar-refractivity contribution in [2.45, 2.75) is 6.92 Å². The lowest BCUT2D eigenvalue weighted by Crippen LogP contribution is -2.49. The number of nitrogens with zero attached hydrogens (tertiary/aromatic N) is 6. The van der Waals surface area contributed by atoms with Crippen LogP contribution in [0, 0.1) is 12.7 Å². The molecule has 1 N–H and O–H groups in total. The maximum absolute atomic E-state index is 13.3. The standard InChI is InChI=1S/C27H28FN7O2/c1-18-16-25(30-21-8-10-22(37-3)11-9-21)31-27(29-18)35-14-12-34(13-15-35)26(36)24-17-23(32-33(24)2)19-4-6-20(28)7-5-19/h4-11,16-17H,12-15H2,1-3H3,(H,29,30,31). The number of hydrogen-bond acceptors (Lipinski definition) is 7. The first kappa shape index (κ1) is 24.2. The number of ether oxygens (including phenoxy) is 1. The Kier molecular flexibility index (Phi) is 6.72. The fourth-order valence-corrected chi connectivity index (χ4v) is 4.28. The molecule has 2 aromatic carbocycles. The van der Waals surface area contributed by atoms with Crippen LogP contribution in [-0.2, 0) is 7.05 Å². The van der Waals surface area contributed by atoms with Crippen molar-refractivity contribution in [1.29, 1.82) is 0 Å². The second kappa shape index (κ2) is 10.3. The fraction of sp³-hybridized carbons (Fsp3) is 0.259. The molecule has 0 bridgehead atoms. The Hall–Kier alpha value is -4.47. The lowest BCUT2D eigenvalue weighted by molar-refractivity contribution is 0.0735. The van der Waals surface area contributed by atoms with Gasteiger partial charge in [-0.2, -0.15) is 10.1 Å². The molecular formula is C27H28FN7O2. The summed E-state index contributed by atoms with van der Waals surface area (Å²) in [5.41, 5.74) is 3.63. The van der Waals surface area contributed by atoms with Gasteiger partial charge >= 0.3 is 0 Å². The van der Waals surface area contributed by atoms with Gasteiger partial charge in [0, 0.05) is 56.2 Å². The van der Waals surface area contributed by atoms with Gasteiger partial charge in [0.2, 0.25) is 5.95 Å². The quantitative estimate of drug-likeness (QED) is 0.427. The minimum absolute atomic E-state index is 0.0879. The summed E-state index contributed by atoms with van der Waals surface area (Å²) in [6.45, 7) is 4.23. The van der Waals surface area contributed by atoms with E-state index in [1.807, 2.05) is 42.2 Å². The Labute approximate surface area is 214 Å². The van der Waals surface area contributed by atoms with Crippen LogP contribution in [0.1, 0.15) is 16.2 Å². The third-order valence-electron chi connectivity index (χ3n) is 6.29. The third kappa shape index (κ3) is 5.37. The van der Waals surface area contributed by atoms with Gasteiger partial charge < -0.3 is 19.9 Å². The Morgan fingerprint density at radius 2 is 1.68 bits per heavy atom. The van der Waals surface area contributed by atoms with Gasteiger partial charge in [0.1, 0.15) is 23.1 Å². The Morgan fingerprint density at radius 1 is 0.973 bits per heavy atom. The number of carbonyl (C=O) groups is 1. The number of aryl methyl sites for hydroxylation is 2. The number of halogens is 1. The van der Waals surface area contributed by atoms with Crippen molar-refractivity contribution in [3.8, 4) is 17.0 Å². The number of aromatic nitrogens is 4. The number of methoxy groups -OCH3 is 1. The zero-order chi connectivity index (χ0) is 25.9. The highest BCUT2D eigenvalue weighted by Gasteiger charge is 2.26. The van der Waals surface area contributed by atoms with Gasteiger partial charge in [-0.25, -0.2) is 9.37 Å². The molecule has 9 nitrogen and oxygen atoms in total. The molecule has 0 unspecified atom stereocenters. The lowest BCUT2D eigenvalue weighted by Gasteiger charge is -2.34. The van der Waals surface area contributed by atoms with Crippen LogP contribution >= 0.6 is 0 Å². The molecule has 10 heteroatoms. The molecule has 3 heterocycles. The normalized spacial score (nSPS) is 13.5. The van der Waals surface area contributed by atoms with E-state index in [0.717, 1.165) is 22.7 Å². The molecule has 0 radical (unpaired) electrons. The van der Waals surface area contributed by atoms with Crippen molar-refractivity contribution < 1.29 is 13.9 Å². The number of nitrogens with one attached hydrogen (secondary N) is 1. The van der Waals surface area contributed by atoms with Crippen LogP contribution < -0.4 is 15.0 Å². The van der Waals surface area contributed by atoms with Crippen LogP contribution in [0.25, 0.3) is 11.3 Å².